The number of rotatable bonds is 19. The number of alkyl halides is 3. The van der Waals surface area contributed by atoms with E-state index >= 15 is 0 Å². The van der Waals surface area contributed by atoms with Crippen LogP contribution in [0.15, 0.2) is 77.8 Å². The number of carbonyl (C=O) groups excluding carboxylic acids is 2. The molecule has 0 radical (unpaired) electrons. The van der Waals surface area contributed by atoms with Crippen molar-refractivity contribution in [3.8, 4) is 16.9 Å². The van der Waals surface area contributed by atoms with E-state index < -0.39 is 30.6 Å². The van der Waals surface area contributed by atoms with Crippen LogP contribution in [0.5, 0.6) is 5.75 Å². The molecule has 0 fully saturated rings. The Bertz CT molecular complexity index is 1520. The zero-order valence-corrected chi connectivity index (χ0v) is 29.1. The van der Waals surface area contributed by atoms with Gasteiger partial charge in [0.25, 0.3) is 5.91 Å². The average molecular weight is 700 g/mol. The summed E-state index contributed by atoms with van der Waals surface area (Å²) in [7, 11) is 5.54. The molecule has 2 unspecified atom stereocenters. The van der Waals surface area contributed by atoms with E-state index in [4.69, 9.17) is 19.9 Å². The zero-order chi connectivity index (χ0) is 36.5. The third-order valence-electron chi connectivity index (χ3n) is 7.85. The summed E-state index contributed by atoms with van der Waals surface area (Å²) in [6.07, 6.45) is -5.52. The van der Waals surface area contributed by atoms with Gasteiger partial charge in [0, 0.05) is 63.4 Å². The van der Waals surface area contributed by atoms with E-state index in [0.29, 0.717) is 49.4 Å². The van der Waals surface area contributed by atoms with Gasteiger partial charge in [-0.2, -0.15) is 13.2 Å². The van der Waals surface area contributed by atoms with Gasteiger partial charge in [-0.05, 0) is 37.2 Å². The highest BCUT2D eigenvalue weighted by molar-refractivity contribution is 5.99. The molecule has 10 nitrogen and oxygen atoms in total. The lowest BCUT2D eigenvalue weighted by Crippen LogP contribution is -2.46. The molecule has 0 saturated heterocycles. The van der Waals surface area contributed by atoms with Crippen molar-refractivity contribution in [2.75, 3.05) is 47.5 Å². The SMILES string of the molecule is CCCCN=C(N)NC(=O)C(Cc1ccc(-c2ccccc2)c(OCCCOC)c1CNCC(c1ccccc1)N(C)C)OC(=O)C(F)(F)F. The molecule has 3 rings (SSSR count). The van der Waals surface area contributed by atoms with E-state index in [0.717, 1.165) is 23.1 Å². The second kappa shape index (κ2) is 20.3. The molecule has 1 amide bonds. The van der Waals surface area contributed by atoms with Gasteiger partial charge >= 0.3 is 12.1 Å². The Hall–Kier alpha value is -4.46. The number of carbonyl (C=O) groups is 2. The van der Waals surface area contributed by atoms with Crippen LogP contribution in [0, 0.1) is 0 Å². The number of esters is 1. The lowest BCUT2D eigenvalue weighted by atomic mass is 9.93. The van der Waals surface area contributed by atoms with Crippen LogP contribution in [0.4, 0.5) is 13.2 Å². The van der Waals surface area contributed by atoms with Gasteiger partial charge in [-0.15, -0.1) is 0 Å². The van der Waals surface area contributed by atoms with Crippen LogP contribution in [0.1, 0.15) is 48.9 Å². The van der Waals surface area contributed by atoms with E-state index in [2.05, 4.69) is 20.5 Å². The number of unbranched alkanes of at least 4 members (excludes halogenated alkanes) is 1. The summed E-state index contributed by atoms with van der Waals surface area (Å²) in [5, 5.41) is 5.80. The molecule has 0 aliphatic rings. The maximum absolute atomic E-state index is 13.4. The number of amides is 1. The van der Waals surface area contributed by atoms with Gasteiger partial charge in [-0.1, -0.05) is 86.1 Å². The van der Waals surface area contributed by atoms with Gasteiger partial charge < -0.3 is 30.2 Å². The van der Waals surface area contributed by atoms with Crippen LogP contribution in [-0.2, 0) is 32.0 Å². The first-order valence-corrected chi connectivity index (χ1v) is 16.6. The molecule has 0 aliphatic carbocycles. The summed E-state index contributed by atoms with van der Waals surface area (Å²) in [6.45, 7) is 3.72. The molecule has 0 aromatic heterocycles. The van der Waals surface area contributed by atoms with Crippen molar-refractivity contribution in [1.29, 1.82) is 0 Å². The number of benzene rings is 3. The minimum Gasteiger partial charge on any atom is -0.493 e. The fourth-order valence-corrected chi connectivity index (χ4v) is 5.24. The van der Waals surface area contributed by atoms with Crippen LogP contribution >= 0.6 is 0 Å². The summed E-state index contributed by atoms with van der Waals surface area (Å²) in [5.41, 5.74) is 9.59. The molecule has 0 heterocycles. The normalized spacial score (nSPS) is 13.2. The van der Waals surface area contributed by atoms with Crippen molar-refractivity contribution in [3.63, 3.8) is 0 Å². The minimum atomic E-state index is -5.32. The number of guanidine groups is 1. The van der Waals surface area contributed by atoms with E-state index in [9.17, 15) is 22.8 Å². The summed E-state index contributed by atoms with van der Waals surface area (Å²) < 4.78 is 56.6. The van der Waals surface area contributed by atoms with Gasteiger partial charge in [0.1, 0.15) is 5.75 Å². The third-order valence-corrected chi connectivity index (χ3v) is 7.85. The molecule has 4 N–H and O–H groups in total. The number of ether oxygens (including phenoxy) is 3. The fourth-order valence-electron chi connectivity index (χ4n) is 5.24. The van der Waals surface area contributed by atoms with Crippen molar-refractivity contribution in [3.05, 3.63) is 89.5 Å². The number of likely N-dealkylation sites (N-methyl/N-ethyl adjacent to an activating group) is 1. The summed E-state index contributed by atoms with van der Waals surface area (Å²) in [6, 6.07) is 23.0. The molecule has 50 heavy (non-hydrogen) atoms. The average Bonchev–Trinajstić information content (AvgIpc) is 3.09. The number of hydrogen-bond donors (Lipinski definition) is 3. The predicted molar refractivity (Wildman–Crippen MR) is 188 cm³/mol. The highest BCUT2D eigenvalue weighted by atomic mass is 19.4. The standard InChI is InChI=1S/C37H48F3N5O5/c1-5-6-20-43-36(41)44-34(46)32(50-35(47)37(38,39)40)23-28-18-19-29(26-14-9-7-10-15-26)33(49-22-13-21-48-4)30(28)24-42-25-31(45(2)3)27-16-11-8-12-17-27/h7-12,14-19,31-32,42H,5-6,13,20-25H2,1-4H3,(H3,41,43,44,46). The Morgan fingerprint density at radius 2 is 1.64 bits per heavy atom. The van der Waals surface area contributed by atoms with Gasteiger partial charge in [0.2, 0.25) is 0 Å². The van der Waals surface area contributed by atoms with Crippen LogP contribution in [0.2, 0.25) is 0 Å². The summed E-state index contributed by atoms with van der Waals surface area (Å²) in [4.78, 5) is 31.5. The Balaban J connectivity index is 2.08. The molecule has 2 atom stereocenters. The van der Waals surface area contributed by atoms with Crippen molar-refractivity contribution >= 4 is 17.8 Å². The fraction of sp³-hybridized carbons (Fsp3) is 0.432. The van der Waals surface area contributed by atoms with Gasteiger partial charge in [0.05, 0.1) is 6.61 Å². The number of methoxy groups -OCH3 is 1. The second-order valence-electron chi connectivity index (χ2n) is 11.9. The summed E-state index contributed by atoms with van der Waals surface area (Å²) in [5.74, 6) is -3.32. The number of aliphatic imine (C=N–C) groups is 1. The van der Waals surface area contributed by atoms with Crippen molar-refractivity contribution < 1.29 is 37.0 Å². The minimum absolute atomic E-state index is 0.00994. The molecule has 0 saturated carbocycles. The zero-order valence-electron chi connectivity index (χ0n) is 29.1. The molecule has 3 aromatic rings. The Morgan fingerprint density at radius 3 is 2.26 bits per heavy atom. The second-order valence-corrected chi connectivity index (χ2v) is 11.9. The molecule has 3 aromatic carbocycles. The Labute approximate surface area is 292 Å². The van der Waals surface area contributed by atoms with Crippen LogP contribution in [-0.4, -0.2) is 82.5 Å². The lowest BCUT2D eigenvalue weighted by molar-refractivity contribution is -0.205. The molecule has 0 aliphatic heterocycles. The van der Waals surface area contributed by atoms with Crippen molar-refractivity contribution in [1.82, 2.24) is 15.5 Å². The molecular weight excluding hydrogens is 651 g/mol. The predicted octanol–water partition coefficient (Wildman–Crippen LogP) is 5.41. The number of hydrogen-bond acceptors (Lipinski definition) is 8. The Kier molecular flexibility index (Phi) is 16.2. The molecular formula is C37H48F3N5O5. The number of nitrogens with zero attached hydrogens (tertiary/aromatic N) is 2. The molecule has 0 bridgehead atoms. The molecule has 272 valence electrons. The van der Waals surface area contributed by atoms with Crippen LogP contribution in [0.25, 0.3) is 11.1 Å². The monoisotopic (exact) mass is 699 g/mol. The first-order valence-electron chi connectivity index (χ1n) is 16.6. The summed E-state index contributed by atoms with van der Waals surface area (Å²) >= 11 is 0. The van der Waals surface area contributed by atoms with Crippen LogP contribution < -0.4 is 21.1 Å². The van der Waals surface area contributed by atoms with E-state index in [1.807, 2.05) is 81.7 Å². The van der Waals surface area contributed by atoms with E-state index in [1.165, 1.54) is 0 Å². The van der Waals surface area contributed by atoms with Crippen molar-refractivity contribution in [2.24, 2.45) is 10.7 Å². The highest BCUT2D eigenvalue weighted by Gasteiger charge is 2.43. The largest absolute Gasteiger partial charge is 0.493 e. The van der Waals surface area contributed by atoms with Gasteiger partial charge in [0.15, 0.2) is 12.1 Å². The number of nitrogens with two attached hydrogens (primary N) is 1. The lowest BCUT2D eigenvalue weighted by Gasteiger charge is -2.27. The quantitative estimate of drug-likeness (QED) is 0.0657. The van der Waals surface area contributed by atoms with Gasteiger partial charge in [-0.25, -0.2) is 4.79 Å². The third kappa shape index (κ3) is 12.5. The van der Waals surface area contributed by atoms with E-state index in [1.54, 1.807) is 19.2 Å². The molecule has 0 spiro atoms. The smallest absolute Gasteiger partial charge is 0.490 e. The van der Waals surface area contributed by atoms with Gasteiger partial charge in [-0.3, -0.25) is 15.1 Å². The maximum atomic E-state index is 13.4. The Morgan fingerprint density at radius 1 is 0.960 bits per heavy atom. The highest BCUT2D eigenvalue weighted by Crippen LogP contribution is 2.37. The first-order chi connectivity index (χ1) is 24.0. The van der Waals surface area contributed by atoms with Crippen LogP contribution in [0.3, 0.4) is 0 Å². The number of nitrogens with one attached hydrogen (secondary N) is 2. The first kappa shape index (κ1) is 40.0. The number of halogens is 3. The maximum Gasteiger partial charge on any atom is 0.490 e. The molecule has 13 heteroatoms. The van der Waals surface area contributed by atoms with E-state index in [-0.39, 0.29) is 25.2 Å². The topological polar surface area (TPSA) is 128 Å². The van der Waals surface area contributed by atoms with Crippen molar-refractivity contribution in [2.45, 2.75) is 57.5 Å².